The summed E-state index contributed by atoms with van der Waals surface area (Å²) in [7, 11) is 0. The Balaban J connectivity index is 1.59. The number of aliphatic hydroxyl groups is 1. The van der Waals surface area contributed by atoms with Crippen molar-refractivity contribution in [1.29, 1.82) is 0 Å². The molecule has 3 aromatic rings. The Morgan fingerprint density at radius 2 is 1.74 bits per heavy atom. The van der Waals surface area contributed by atoms with Crippen LogP contribution in [0, 0.1) is 20.8 Å². The van der Waals surface area contributed by atoms with E-state index in [4.69, 9.17) is 13.6 Å². The van der Waals surface area contributed by atoms with Crippen LogP contribution in [0.2, 0.25) is 0 Å². The smallest absolute Gasteiger partial charge is 0.119 e. The van der Waals surface area contributed by atoms with Gasteiger partial charge in [-0.3, -0.25) is 4.90 Å². The number of furan rings is 2. The van der Waals surface area contributed by atoms with Crippen LogP contribution in [0.4, 0.5) is 0 Å². The molecule has 1 N–H and O–H groups in total. The molecule has 3 rings (SSSR count). The SMILES string of the molecule is Cc1cc(C)cc(OCC(O)CN(Cc2ccco2)Cc2ccc(C)o2)c1. The molecule has 0 saturated heterocycles. The molecule has 0 fully saturated rings. The summed E-state index contributed by atoms with van der Waals surface area (Å²) in [5.74, 6) is 3.37. The zero-order chi connectivity index (χ0) is 19.2. The zero-order valence-corrected chi connectivity index (χ0v) is 16.1. The van der Waals surface area contributed by atoms with Gasteiger partial charge >= 0.3 is 0 Å². The average molecular weight is 369 g/mol. The van der Waals surface area contributed by atoms with Crippen molar-refractivity contribution in [2.45, 2.75) is 40.0 Å². The van der Waals surface area contributed by atoms with Gasteiger partial charge in [0.05, 0.1) is 19.4 Å². The summed E-state index contributed by atoms with van der Waals surface area (Å²) in [6.45, 7) is 7.86. The van der Waals surface area contributed by atoms with Gasteiger partial charge in [-0.2, -0.15) is 0 Å². The fourth-order valence-electron chi connectivity index (χ4n) is 3.16. The van der Waals surface area contributed by atoms with Crippen molar-refractivity contribution in [3.63, 3.8) is 0 Å². The molecule has 1 atom stereocenters. The lowest BCUT2D eigenvalue weighted by Crippen LogP contribution is -2.34. The Morgan fingerprint density at radius 3 is 2.37 bits per heavy atom. The van der Waals surface area contributed by atoms with Gasteiger partial charge in [0, 0.05) is 6.54 Å². The van der Waals surface area contributed by atoms with E-state index >= 15 is 0 Å². The third-order valence-corrected chi connectivity index (χ3v) is 4.24. The van der Waals surface area contributed by atoms with Crippen LogP contribution in [0.1, 0.15) is 28.4 Å². The highest BCUT2D eigenvalue weighted by molar-refractivity contribution is 5.33. The Bertz CT molecular complexity index is 818. The minimum Gasteiger partial charge on any atom is -0.491 e. The largest absolute Gasteiger partial charge is 0.491 e. The summed E-state index contributed by atoms with van der Waals surface area (Å²) < 4.78 is 16.9. The first-order valence-electron chi connectivity index (χ1n) is 9.17. The van der Waals surface area contributed by atoms with E-state index in [-0.39, 0.29) is 6.61 Å². The van der Waals surface area contributed by atoms with Crippen LogP contribution < -0.4 is 4.74 Å². The van der Waals surface area contributed by atoms with Gasteiger partial charge < -0.3 is 18.7 Å². The van der Waals surface area contributed by atoms with Gasteiger partial charge in [-0.05, 0) is 68.3 Å². The van der Waals surface area contributed by atoms with Crippen LogP contribution in [-0.2, 0) is 13.1 Å². The highest BCUT2D eigenvalue weighted by Crippen LogP contribution is 2.17. The van der Waals surface area contributed by atoms with Crippen molar-refractivity contribution in [3.05, 3.63) is 77.1 Å². The normalized spacial score (nSPS) is 12.5. The molecule has 0 radical (unpaired) electrons. The Labute approximate surface area is 160 Å². The first-order chi connectivity index (χ1) is 13.0. The van der Waals surface area contributed by atoms with E-state index in [0.29, 0.717) is 19.6 Å². The molecular weight excluding hydrogens is 342 g/mol. The van der Waals surface area contributed by atoms with E-state index in [2.05, 4.69) is 11.0 Å². The molecule has 0 aliphatic heterocycles. The third kappa shape index (κ3) is 6.01. The Kier molecular flexibility index (Phi) is 6.37. The van der Waals surface area contributed by atoms with Crippen LogP contribution in [0.3, 0.4) is 0 Å². The molecule has 2 aromatic heterocycles. The van der Waals surface area contributed by atoms with Crippen molar-refractivity contribution in [2.24, 2.45) is 0 Å². The topological polar surface area (TPSA) is 59.0 Å². The van der Waals surface area contributed by atoms with Crippen LogP contribution in [0.15, 0.2) is 57.6 Å². The fourth-order valence-corrected chi connectivity index (χ4v) is 3.16. The summed E-state index contributed by atoms with van der Waals surface area (Å²) in [4.78, 5) is 2.09. The highest BCUT2D eigenvalue weighted by atomic mass is 16.5. The second kappa shape index (κ2) is 8.93. The number of hydrogen-bond acceptors (Lipinski definition) is 5. The minimum atomic E-state index is -0.628. The quantitative estimate of drug-likeness (QED) is 0.611. The molecular formula is C22H27NO4. The second-order valence-corrected chi connectivity index (χ2v) is 7.05. The Hall–Kier alpha value is -2.50. The molecule has 1 unspecified atom stereocenters. The molecule has 2 heterocycles. The first-order valence-corrected chi connectivity index (χ1v) is 9.17. The number of ether oxygens (including phenoxy) is 1. The molecule has 0 bridgehead atoms. The number of benzene rings is 1. The molecule has 5 heteroatoms. The first kappa shape index (κ1) is 19.3. The monoisotopic (exact) mass is 369 g/mol. The van der Waals surface area contributed by atoms with Gasteiger partial charge in [0.2, 0.25) is 0 Å². The van der Waals surface area contributed by atoms with Crippen molar-refractivity contribution in [2.75, 3.05) is 13.2 Å². The van der Waals surface area contributed by atoms with Crippen molar-refractivity contribution >= 4 is 0 Å². The maximum atomic E-state index is 10.5. The standard InChI is InChI=1S/C22H27NO4/c1-16-9-17(2)11-22(10-16)26-15-19(24)12-23(13-20-5-4-8-25-20)14-21-7-6-18(3)27-21/h4-11,19,24H,12-15H2,1-3H3. The summed E-state index contributed by atoms with van der Waals surface area (Å²) in [6, 6.07) is 13.8. The van der Waals surface area contributed by atoms with Crippen LogP contribution >= 0.6 is 0 Å². The number of aliphatic hydroxyl groups excluding tert-OH is 1. The van der Waals surface area contributed by atoms with Crippen molar-refractivity contribution < 1.29 is 18.7 Å². The molecule has 1 aromatic carbocycles. The molecule has 27 heavy (non-hydrogen) atoms. The number of hydrogen-bond donors (Lipinski definition) is 1. The second-order valence-electron chi connectivity index (χ2n) is 7.05. The van der Waals surface area contributed by atoms with Gasteiger partial charge in [-0.25, -0.2) is 0 Å². The van der Waals surface area contributed by atoms with Gasteiger partial charge in [-0.15, -0.1) is 0 Å². The predicted octanol–water partition coefficient (Wildman–Crippen LogP) is 4.24. The lowest BCUT2D eigenvalue weighted by atomic mass is 10.1. The van der Waals surface area contributed by atoms with E-state index < -0.39 is 6.10 Å². The van der Waals surface area contributed by atoms with Gasteiger partial charge in [0.25, 0.3) is 0 Å². The van der Waals surface area contributed by atoms with E-state index in [9.17, 15) is 5.11 Å². The van der Waals surface area contributed by atoms with Gasteiger partial charge in [0.1, 0.15) is 35.7 Å². The van der Waals surface area contributed by atoms with Crippen molar-refractivity contribution in [1.82, 2.24) is 4.90 Å². The molecule has 5 nitrogen and oxygen atoms in total. The lowest BCUT2D eigenvalue weighted by Gasteiger charge is -2.23. The van der Waals surface area contributed by atoms with Crippen molar-refractivity contribution in [3.8, 4) is 5.75 Å². The van der Waals surface area contributed by atoms with E-state index in [1.54, 1.807) is 6.26 Å². The third-order valence-electron chi connectivity index (χ3n) is 4.24. The summed E-state index contributed by atoms with van der Waals surface area (Å²) in [5.41, 5.74) is 2.29. The molecule has 0 saturated carbocycles. The number of rotatable bonds is 9. The molecule has 0 aliphatic rings. The maximum Gasteiger partial charge on any atom is 0.119 e. The average Bonchev–Trinajstić information content (AvgIpc) is 3.24. The molecule has 0 spiro atoms. The maximum absolute atomic E-state index is 10.5. The predicted molar refractivity (Wildman–Crippen MR) is 104 cm³/mol. The molecule has 0 amide bonds. The molecule has 0 aliphatic carbocycles. The lowest BCUT2D eigenvalue weighted by molar-refractivity contribution is 0.0579. The van der Waals surface area contributed by atoms with Crippen LogP contribution in [0.25, 0.3) is 0 Å². The van der Waals surface area contributed by atoms with E-state index in [1.165, 1.54) is 0 Å². The zero-order valence-electron chi connectivity index (χ0n) is 16.1. The van der Waals surface area contributed by atoms with Crippen LogP contribution in [-0.4, -0.2) is 29.3 Å². The van der Waals surface area contributed by atoms with Crippen LogP contribution in [0.5, 0.6) is 5.75 Å². The number of aryl methyl sites for hydroxylation is 3. The van der Waals surface area contributed by atoms with E-state index in [1.807, 2.05) is 57.2 Å². The van der Waals surface area contributed by atoms with Gasteiger partial charge in [0.15, 0.2) is 0 Å². The fraction of sp³-hybridized carbons (Fsp3) is 0.364. The number of nitrogens with zero attached hydrogens (tertiary/aromatic N) is 1. The van der Waals surface area contributed by atoms with Gasteiger partial charge in [-0.1, -0.05) is 6.07 Å². The molecule has 144 valence electrons. The summed E-state index contributed by atoms with van der Waals surface area (Å²) >= 11 is 0. The highest BCUT2D eigenvalue weighted by Gasteiger charge is 2.16. The minimum absolute atomic E-state index is 0.231. The van der Waals surface area contributed by atoms with E-state index in [0.717, 1.165) is 34.2 Å². The summed E-state index contributed by atoms with van der Waals surface area (Å²) in [5, 5.41) is 10.5. The Morgan fingerprint density at radius 1 is 1.00 bits per heavy atom. The summed E-state index contributed by atoms with van der Waals surface area (Å²) in [6.07, 6.45) is 1.03.